The Morgan fingerprint density at radius 3 is 2.52 bits per heavy atom. The number of nitrogens with zero attached hydrogens (tertiary/aromatic N) is 1. The number of hydrogen-bond acceptors (Lipinski definition) is 4. The highest BCUT2D eigenvalue weighted by molar-refractivity contribution is 9.10. The van der Waals surface area contributed by atoms with E-state index in [1.165, 1.54) is 19.3 Å². The molecule has 0 unspecified atom stereocenters. The van der Waals surface area contributed by atoms with Crippen molar-refractivity contribution >= 4 is 27.9 Å². The molecule has 1 amide bonds. The van der Waals surface area contributed by atoms with Gasteiger partial charge in [0.15, 0.2) is 11.5 Å². The van der Waals surface area contributed by atoms with Gasteiger partial charge in [0.1, 0.15) is 24.1 Å². The predicted octanol–water partition coefficient (Wildman–Crippen LogP) is 5.96. The fourth-order valence-corrected chi connectivity index (χ4v) is 3.55. The Labute approximate surface area is 200 Å². The maximum atomic E-state index is 13.9. The minimum Gasteiger partial charge on any atom is -0.493 e. The molecule has 1 N–H and O–H groups in total. The van der Waals surface area contributed by atoms with Gasteiger partial charge in [0.05, 0.1) is 13.2 Å². The largest absolute Gasteiger partial charge is 0.493 e. The molecular weight excluding hydrogens is 487 g/mol. The molecule has 3 rings (SSSR count). The summed E-state index contributed by atoms with van der Waals surface area (Å²) in [5.41, 5.74) is 1.85. The Bertz CT molecular complexity index is 1210. The summed E-state index contributed by atoms with van der Waals surface area (Å²) in [6, 6.07) is 20.8. The molecule has 0 aliphatic heterocycles. The molecule has 0 bridgehead atoms. The van der Waals surface area contributed by atoms with E-state index >= 15 is 0 Å². The van der Waals surface area contributed by atoms with Crippen molar-refractivity contribution in [2.24, 2.45) is 0 Å². The summed E-state index contributed by atoms with van der Waals surface area (Å²) in [5.74, 6) is -0.0642. The fraction of sp³-hybridized carbons (Fsp3) is 0.154. The fourth-order valence-electron chi connectivity index (χ4n) is 3.11. The van der Waals surface area contributed by atoms with Crippen LogP contribution in [0.1, 0.15) is 29.7 Å². The molecule has 7 heteroatoms. The lowest BCUT2D eigenvalue weighted by Crippen LogP contribution is -2.27. The number of carbonyl (C=O) groups excluding carboxylic acids is 1. The average Bonchev–Trinajstić information content (AvgIpc) is 2.83. The van der Waals surface area contributed by atoms with Crippen molar-refractivity contribution in [1.82, 2.24) is 5.32 Å². The molecule has 1 atom stereocenters. The maximum Gasteiger partial charge on any atom is 0.262 e. The molecule has 0 aliphatic rings. The number of benzene rings is 3. The van der Waals surface area contributed by atoms with E-state index in [-0.39, 0.29) is 24.0 Å². The summed E-state index contributed by atoms with van der Waals surface area (Å²) in [7, 11) is 1.48. The summed E-state index contributed by atoms with van der Waals surface area (Å²) >= 11 is 3.45. The van der Waals surface area contributed by atoms with Crippen molar-refractivity contribution in [3.8, 4) is 17.6 Å². The highest BCUT2D eigenvalue weighted by Gasteiger charge is 2.16. The molecule has 0 saturated heterocycles. The molecular formula is C26H22BrFN2O3. The van der Waals surface area contributed by atoms with Crippen LogP contribution in [0, 0.1) is 17.1 Å². The maximum absolute atomic E-state index is 13.9. The predicted molar refractivity (Wildman–Crippen MR) is 128 cm³/mol. The second-order valence-corrected chi connectivity index (χ2v) is 8.03. The van der Waals surface area contributed by atoms with Gasteiger partial charge in [0.2, 0.25) is 0 Å². The Hall–Kier alpha value is -3.63. The Kier molecular flexibility index (Phi) is 8.22. The van der Waals surface area contributed by atoms with Crippen molar-refractivity contribution in [3.05, 3.63) is 99.3 Å². The van der Waals surface area contributed by atoms with E-state index in [0.717, 1.165) is 5.56 Å². The molecule has 0 aromatic heterocycles. The van der Waals surface area contributed by atoms with Crippen LogP contribution in [0.3, 0.4) is 0 Å². The van der Waals surface area contributed by atoms with Crippen molar-refractivity contribution in [2.75, 3.05) is 7.11 Å². The standard InChI is InChI=1S/C26H22BrFN2O3/c1-17(18-8-4-3-5-9-18)30-26(31)21(15-29)12-20-13-24(32-2)25(14-22(20)27)33-16-19-10-6-7-11-23(19)28/h3-14,17H,16H2,1-2H3,(H,30,31)/b21-12-/t17-/m1/s1. The molecule has 168 valence electrons. The minimum absolute atomic E-state index is 0.0217. The number of carbonyl (C=O) groups is 1. The van der Waals surface area contributed by atoms with Gasteiger partial charge in [-0.05, 0) is 42.3 Å². The molecule has 33 heavy (non-hydrogen) atoms. The normalized spacial score (nSPS) is 11.9. The van der Waals surface area contributed by atoms with Gasteiger partial charge in [-0.3, -0.25) is 4.79 Å². The topological polar surface area (TPSA) is 71.3 Å². The van der Waals surface area contributed by atoms with Crippen LogP contribution in [0.5, 0.6) is 11.5 Å². The molecule has 5 nitrogen and oxygen atoms in total. The highest BCUT2D eigenvalue weighted by atomic mass is 79.9. The highest BCUT2D eigenvalue weighted by Crippen LogP contribution is 2.35. The van der Waals surface area contributed by atoms with Gasteiger partial charge in [0.25, 0.3) is 5.91 Å². The van der Waals surface area contributed by atoms with Crippen LogP contribution in [0.4, 0.5) is 4.39 Å². The van der Waals surface area contributed by atoms with Crippen molar-refractivity contribution in [1.29, 1.82) is 5.26 Å². The van der Waals surface area contributed by atoms with Gasteiger partial charge in [-0.15, -0.1) is 0 Å². The molecule has 0 heterocycles. The minimum atomic E-state index is -0.486. The summed E-state index contributed by atoms with van der Waals surface area (Å²) < 4.78 is 25.6. The third-order valence-corrected chi connectivity index (χ3v) is 5.62. The molecule has 0 saturated carbocycles. The lowest BCUT2D eigenvalue weighted by atomic mass is 10.1. The van der Waals surface area contributed by atoms with Crippen molar-refractivity contribution in [3.63, 3.8) is 0 Å². The van der Waals surface area contributed by atoms with E-state index in [9.17, 15) is 14.4 Å². The first-order valence-corrected chi connectivity index (χ1v) is 10.9. The second kappa shape index (κ2) is 11.3. The molecule has 0 radical (unpaired) electrons. The number of halogens is 2. The summed E-state index contributed by atoms with van der Waals surface area (Å²) in [6.45, 7) is 1.87. The summed E-state index contributed by atoms with van der Waals surface area (Å²) in [5, 5.41) is 12.4. The van der Waals surface area contributed by atoms with Crippen LogP contribution in [0.25, 0.3) is 6.08 Å². The lowest BCUT2D eigenvalue weighted by Gasteiger charge is -2.15. The number of ether oxygens (including phenoxy) is 2. The summed E-state index contributed by atoms with van der Waals surface area (Å²) in [4.78, 5) is 12.7. The molecule has 3 aromatic carbocycles. The Balaban J connectivity index is 1.80. The van der Waals surface area contributed by atoms with E-state index in [4.69, 9.17) is 9.47 Å². The van der Waals surface area contributed by atoms with Gasteiger partial charge in [0, 0.05) is 10.0 Å². The number of methoxy groups -OCH3 is 1. The van der Waals surface area contributed by atoms with Gasteiger partial charge >= 0.3 is 0 Å². The van der Waals surface area contributed by atoms with Crippen molar-refractivity contribution in [2.45, 2.75) is 19.6 Å². The van der Waals surface area contributed by atoms with Crippen LogP contribution in [0.15, 0.2) is 76.8 Å². The van der Waals surface area contributed by atoms with E-state index in [1.807, 2.05) is 43.3 Å². The number of nitriles is 1. The molecule has 3 aromatic rings. The Morgan fingerprint density at radius 1 is 1.15 bits per heavy atom. The molecule has 0 fully saturated rings. The zero-order chi connectivity index (χ0) is 23.8. The average molecular weight is 509 g/mol. The smallest absolute Gasteiger partial charge is 0.262 e. The third-order valence-electron chi connectivity index (χ3n) is 4.94. The number of amides is 1. The summed E-state index contributed by atoms with van der Waals surface area (Å²) in [6.07, 6.45) is 1.47. The van der Waals surface area contributed by atoms with Crippen LogP contribution in [-0.4, -0.2) is 13.0 Å². The van der Waals surface area contributed by atoms with Crippen LogP contribution in [-0.2, 0) is 11.4 Å². The first kappa shape index (κ1) is 24.0. The van der Waals surface area contributed by atoms with E-state index < -0.39 is 5.91 Å². The quantitative estimate of drug-likeness (QED) is 0.301. The Morgan fingerprint density at radius 2 is 1.85 bits per heavy atom. The zero-order valence-electron chi connectivity index (χ0n) is 18.1. The van der Waals surface area contributed by atoms with E-state index in [2.05, 4.69) is 21.2 Å². The van der Waals surface area contributed by atoms with Gasteiger partial charge in [-0.2, -0.15) is 5.26 Å². The number of rotatable bonds is 8. The molecule has 0 spiro atoms. The van der Waals surface area contributed by atoms with E-state index in [0.29, 0.717) is 27.1 Å². The SMILES string of the molecule is COc1cc(/C=C(/C#N)C(=O)N[C@H](C)c2ccccc2)c(Br)cc1OCc1ccccc1F. The van der Waals surface area contributed by atoms with Gasteiger partial charge < -0.3 is 14.8 Å². The lowest BCUT2D eigenvalue weighted by molar-refractivity contribution is -0.117. The number of hydrogen-bond donors (Lipinski definition) is 1. The third kappa shape index (κ3) is 6.21. The van der Waals surface area contributed by atoms with Crippen LogP contribution in [0.2, 0.25) is 0 Å². The first-order valence-electron chi connectivity index (χ1n) is 10.1. The van der Waals surface area contributed by atoms with Gasteiger partial charge in [-0.1, -0.05) is 64.5 Å². The van der Waals surface area contributed by atoms with Crippen molar-refractivity contribution < 1.29 is 18.7 Å². The first-order chi connectivity index (χ1) is 15.9. The van der Waals surface area contributed by atoms with Gasteiger partial charge in [-0.25, -0.2) is 4.39 Å². The van der Waals surface area contributed by atoms with Crippen LogP contribution >= 0.6 is 15.9 Å². The zero-order valence-corrected chi connectivity index (χ0v) is 19.7. The second-order valence-electron chi connectivity index (χ2n) is 7.18. The monoisotopic (exact) mass is 508 g/mol. The van der Waals surface area contributed by atoms with Crippen LogP contribution < -0.4 is 14.8 Å². The van der Waals surface area contributed by atoms with E-state index in [1.54, 1.807) is 30.3 Å². The number of nitrogens with one attached hydrogen (secondary N) is 1. The molecule has 0 aliphatic carbocycles.